The van der Waals surface area contributed by atoms with Gasteiger partial charge in [-0.3, -0.25) is 4.79 Å². The molecule has 0 bridgehead atoms. The zero-order valence-corrected chi connectivity index (χ0v) is 18.1. The number of nitrogens with zero attached hydrogens (tertiary/aromatic N) is 5. The van der Waals surface area contributed by atoms with Gasteiger partial charge in [0.25, 0.3) is 0 Å². The SMILES string of the molecule is CCOC(=O)C1CCN(c2nc(COC)nc3c2cnn3-c2ccc(OC)cc2)CC1. The van der Waals surface area contributed by atoms with Gasteiger partial charge in [0.15, 0.2) is 11.5 Å². The lowest BCUT2D eigenvalue weighted by Crippen LogP contribution is -2.37. The van der Waals surface area contributed by atoms with E-state index in [1.165, 1.54) is 0 Å². The number of piperidine rings is 1. The summed E-state index contributed by atoms with van der Waals surface area (Å²) in [5.74, 6) is 2.02. The summed E-state index contributed by atoms with van der Waals surface area (Å²) in [5, 5.41) is 5.44. The van der Waals surface area contributed by atoms with Crippen molar-refractivity contribution in [3.8, 4) is 11.4 Å². The minimum Gasteiger partial charge on any atom is -0.497 e. The largest absolute Gasteiger partial charge is 0.497 e. The molecule has 31 heavy (non-hydrogen) atoms. The third-order valence-electron chi connectivity index (χ3n) is 5.46. The van der Waals surface area contributed by atoms with E-state index >= 15 is 0 Å². The van der Waals surface area contributed by atoms with Gasteiger partial charge in [0.1, 0.15) is 18.2 Å². The van der Waals surface area contributed by atoms with Crippen molar-refractivity contribution in [2.45, 2.75) is 26.4 Å². The highest BCUT2D eigenvalue weighted by molar-refractivity contribution is 5.88. The lowest BCUT2D eigenvalue weighted by atomic mass is 9.97. The number of esters is 1. The molecule has 0 unspecified atom stereocenters. The van der Waals surface area contributed by atoms with Crippen molar-refractivity contribution in [2.75, 3.05) is 38.8 Å². The van der Waals surface area contributed by atoms with E-state index in [4.69, 9.17) is 24.2 Å². The summed E-state index contributed by atoms with van der Waals surface area (Å²) in [6.45, 7) is 3.99. The fraction of sp³-hybridized carbons (Fsp3) is 0.455. The first-order valence-corrected chi connectivity index (χ1v) is 10.4. The van der Waals surface area contributed by atoms with Crippen LogP contribution in [0.15, 0.2) is 30.5 Å². The van der Waals surface area contributed by atoms with Gasteiger partial charge < -0.3 is 19.1 Å². The smallest absolute Gasteiger partial charge is 0.309 e. The first-order chi connectivity index (χ1) is 15.1. The molecule has 1 aliphatic rings. The number of benzene rings is 1. The van der Waals surface area contributed by atoms with E-state index in [9.17, 15) is 4.79 Å². The Morgan fingerprint density at radius 2 is 1.87 bits per heavy atom. The summed E-state index contributed by atoms with van der Waals surface area (Å²) in [5.41, 5.74) is 1.60. The van der Waals surface area contributed by atoms with Crippen molar-refractivity contribution in [3.05, 3.63) is 36.3 Å². The summed E-state index contributed by atoms with van der Waals surface area (Å²) >= 11 is 0. The minimum atomic E-state index is -0.109. The second kappa shape index (κ2) is 9.30. The van der Waals surface area contributed by atoms with E-state index in [1.807, 2.05) is 31.2 Å². The number of ether oxygens (including phenoxy) is 3. The molecule has 0 radical (unpaired) electrons. The standard InChI is InChI=1S/C22H27N5O4/c1-4-31-22(28)15-9-11-26(12-10-15)20-18-13-23-27(16-5-7-17(30-3)8-6-16)21(18)25-19(24-20)14-29-2/h5-8,13,15H,4,9-12,14H2,1-3H3. The normalized spacial score (nSPS) is 14.7. The Labute approximate surface area is 180 Å². The molecule has 1 saturated heterocycles. The average Bonchev–Trinajstić information content (AvgIpc) is 3.23. The van der Waals surface area contributed by atoms with Crippen LogP contribution in [0, 0.1) is 5.92 Å². The number of carbonyl (C=O) groups is 1. The third-order valence-corrected chi connectivity index (χ3v) is 5.46. The van der Waals surface area contributed by atoms with Gasteiger partial charge in [0.05, 0.1) is 36.9 Å². The van der Waals surface area contributed by atoms with Gasteiger partial charge in [-0.2, -0.15) is 5.10 Å². The number of aromatic nitrogens is 4. The molecule has 164 valence electrons. The van der Waals surface area contributed by atoms with Crippen molar-refractivity contribution in [3.63, 3.8) is 0 Å². The molecule has 1 aliphatic heterocycles. The first kappa shape index (κ1) is 21.0. The quantitative estimate of drug-likeness (QED) is 0.534. The maximum Gasteiger partial charge on any atom is 0.309 e. The van der Waals surface area contributed by atoms with Crippen LogP contribution in [0.3, 0.4) is 0 Å². The van der Waals surface area contributed by atoms with Gasteiger partial charge in [-0.15, -0.1) is 0 Å². The topological polar surface area (TPSA) is 91.6 Å². The van der Waals surface area contributed by atoms with E-state index in [0.717, 1.165) is 54.2 Å². The van der Waals surface area contributed by atoms with Crippen LogP contribution in [0.4, 0.5) is 5.82 Å². The Kier molecular flexibility index (Phi) is 6.31. The molecule has 3 heterocycles. The maximum atomic E-state index is 12.1. The monoisotopic (exact) mass is 425 g/mol. The molecule has 1 fully saturated rings. The highest BCUT2D eigenvalue weighted by atomic mass is 16.5. The molecule has 1 aromatic carbocycles. The highest BCUT2D eigenvalue weighted by Crippen LogP contribution is 2.30. The van der Waals surface area contributed by atoms with Crippen LogP contribution in [-0.4, -0.2) is 59.6 Å². The third kappa shape index (κ3) is 4.32. The number of hydrogen-bond acceptors (Lipinski definition) is 8. The van der Waals surface area contributed by atoms with Gasteiger partial charge in [-0.05, 0) is 44.0 Å². The number of fused-ring (bicyclic) bond motifs is 1. The molecule has 0 amide bonds. The summed E-state index contributed by atoms with van der Waals surface area (Å²) in [6.07, 6.45) is 3.26. The van der Waals surface area contributed by atoms with Crippen molar-refractivity contribution >= 4 is 22.8 Å². The number of anilines is 1. The van der Waals surface area contributed by atoms with Gasteiger partial charge >= 0.3 is 5.97 Å². The van der Waals surface area contributed by atoms with Crippen LogP contribution in [-0.2, 0) is 20.9 Å². The summed E-state index contributed by atoms with van der Waals surface area (Å²) in [7, 11) is 3.26. The van der Waals surface area contributed by atoms with Gasteiger partial charge in [0.2, 0.25) is 0 Å². The van der Waals surface area contributed by atoms with E-state index in [-0.39, 0.29) is 11.9 Å². The van der Waals surface area contributed by atoms with Crippen LogP contribution in [0.25, 0.3) is 16.7 Å². The van der Waals surface area contributed by atoms with Crippen molar-refractivity contribution < 1.29 is 19.0 Å². The molecule has 0 N–H and O–H groups in total. The Bertz CT molecular complexity index is 1040. The van der Waals surface area contributed by atoms with Gasteiger partial charge in [-0.25, -0.2) is 14.6 Å². The molecule has 0 saturated carbocycles. The van der Waals surface area contributed by atoms with Crippen molar-refractivity contribution in [2.24, 2.45) is 5.92 Å². The Hall–Kier alpha value is -3.20. The van der Waals surface area contributed by atoms with Gasteiger partial charge in [0, 0.05) is 20.2 Å². The number of rotatable bonds is 7. The molecule has 9 heteroatoms. The predicted molar refractivity (Wildman–Crippen MR) is 115 cm³/mol. The second-order valence-electron chi connectivity index (χ2n) is 7.40. The summed E-state index contributed by atoms with van der Waals surface area (Å²) < 4.78 is 17.5. The minimum absolute atomic E-state index is 0.0611. The Morgan fingerprint density at radius 1 is 1.13 bits per heavy atom. The van der Waals surface area contributed by atoms with E-state index < -0.39 is 0 Å². The van der Waals surface area contributed by atoms with Gasteiger partial charge in [-0.1, -0.05) is 0 Å². The number of carbonyl (C=O) groups excluding carboxylic acids is 1. The number of methoxy groups -OCH3 is 2. The molecule has 0 spiro atoms. The summed E-state index contributed by atoms with van der Waals surface area (Å²) in [4.78, 5) is 23.7. The predicted octanol–water partition coefficient (Wildman–Crippen LogP) is 2.75. The zero-order valence-electron chi connectivity index (χ0n) is 18.1. The molecule has 0 atom stereocenters. The molecule has 3 aromatic rings. The molecular formula is C22H27N5O4. The lowest BCUT2D eigenvalue weighted by Gasteiger charge is -2.32. The molecule has 9 nitrogen and oxygen atoms in total. The lowest BCUT2D eigenvalue weighted by molar-refractivity contribution is -0.148. The molecule has 2 aromatic heterocycles. The van der Waals surface area contributed by atoms with E-state index in [0.29, 0.717) is 19.0 Å². The van der Waals surface area contributed by atoms with Crippen LogP contribution >= 0.6 is 0 Å². The summed E-state index contributed by atoms with van der Waals surface area (Å²) in [6, 6.07) is 7.66. The Morgan fingerprint density at radius 3 is 2.52 bits per heavy atom. The van der Waals surface area contributed by atoms with Crippen LogP contribution in [0.1, 0.15) is 25.6 Å². The van der Waals surface area contributed by atoms with Crippen molar-refractivity contribution in [1.82, 2.24) is 19.7 Å². The second-order valence-corrected chi connectivity index (χ2v) is 7.40. The van der Waals surface area contributed by atoms with E-state index in [1.54, 1.807) is 25.1 Å². The van der Waals surface area contributed by atoms with Crippen LogP contribution in [0.5, 0.6) is 5.75 Å². The highest BCUT2D eigenvalue weighted by Gasteiger charge is 2.28. The van der Waals surface area contributed by atoms with Crippen molar-refractivity contribution in [1.29, 1.82) is 0 Å². The Balaban J connectivity index is 1.67. The maximum absolute atomic E-state index is 12.1. The molecule has 4 rings (SSSR count). The zero-order chi connectivity index (χ0) is 21.8. The fourth-order valence-corrected chi connectivity index (χ4v) is 3.87. The fourth-order valence-electron chi connectivity index (χ4n) is 3.87. The first-order valence-electron chi connectivity index (χ1n) is 10.4. The van der Waals surface area contributed by atoms with E-state index in [2.05, 4.69) is 10.00 Å². The van der Waals surface area contributed by atoms with Crippen LogP contribution in [0.2, 0.25) is 0 Å². The van der Waals surface area contributed by atoms with Crippen LogP contribution < -0.4 is 9.64 Å². The molecule has 0 aliphatic carbocycles. The average molecular weight is 425 g/mol. The molecular weight excluding hydrogens is 398 g/mol. The number of hydrogen-bond donors (Lipinski definition) is 0.